The first-order valence-corrected chi connectivity index (χ1v) is 12.0. The number of hydrogen-bond acceptors (Lipinski definition) is 6. The molecule has 1 amide bonds. The van der Waals surface area contributed by atoms with Crippen LogP contribution in [-0.2, 0) is 17.9 Å². The minimum absolute atomic E-state index is 0.0297. The summed E-state index contributed by atoms with van der Waals surface area (Å²) in [5.74, 6) is 0.721. The summed E-state index contributed by atoms with van der Waals surface area (Å²) in [5, 5.41) is 2.95. The molecule has 3 heterocycles. The van der Waals surface area contributed by atoms with Crippen molar-refractivity contribution in [3.8, 4) is 6.01 Å². The summed E-state index contributed by atoms with van der Waals surface area (Å²) in [6, 6.07) is 9.06. The van der Waals surface area contributed by atoms with Crippen molar-refractivity contribution in [2.24, 2.45) is 0 Å². The number of fused-ring (bicyclic) bond motifs is 1. The zero-order chi connectivity index (χ0) is 20.9. The van der Waals surface area contributed by atoms with E-state index in [0.29, 0.717) is 24.8 Å². The van der Waals surface area contributed by atoms with Crippen molar-refractivity contribution in [2.75, 3.05) is 36.5 Å². The number of ether oxygens (including phenoxy) is 1. The first-order chi connectivity index (χ1) is 14.6. The van der Waals surface area contributed by atoms with Gasteiger partial charge in [0.1, 0.15) is 0 Å². The number of rotatable bonds is 8. The Morgan fingerprint density at radius 1 is 1.17 bits per heavy atom. The molecular formula is C22H30AsN5O2. The number of amides is 1. The van der Waals surface area contributed by atoms with Gasteiger partial charge in [-0.3, -0.25) is 0 Å². The zero-order valence-electron chi connectivity index (χ0n) is 17.6. The first kappa shape index (κ1) is 21.1. The van der Waals surface area contributed by atoms with Crippen LogP contribution in [0.1, 0.15) is 43.7 Å². The van der Waals surface area contributed by atoms with Gasteiger partial charge in [0.05, 0.1) is 0 Å². The second-order valence-electron chi connectivity index (χ2n) is 8.00. The fourth-order valence-electron chi connectivity index (χ4n) is 3.97. The molecule has 1 atom stereocenters. The minimum atomic E-state index is -0.0297. The molecule has 30 heavy (non-hydrogen) atoms. The Morgan fingerprint density at radius 2 is 1.93 bits per heavy atom. The van der Waals surface area contributed by atoms with E-state index >= 15 is 0 Å². The first-order valence-electron chi connectivity index (χ1n) is 10.8. The zero-order valence-corrected chi connectivity index (χ0v) is 20.0. The van der Waals surface area contributed by atoms with Gasteiger partial charge in [-0.15, -0.1) is 0 Å². The fourth-order valence-corrected chi connectivity index (χ4v) is 4.62. The van der Waals surface area contributed by atoms with E-state index in [0.717, 1.165) is 29.7 Å². The number of unbranched alkanes of at least 4 members (excludes halogenated alkanes) is 1. The topological polar surface area (TPSA) is 70.6 Å². The van der Waals surface area contributed by atoms with Gasteiger partial charge in [0.15, 0.2) is 0 Å². The van der Waals surface area contributed by atoms with Gasteiger partial charge in [-0.1, -0.05) is 0 Å². The normalized spacial score (nSPS) is 16.5. The average Bonchev–Trinajstić information content (AvgIpc) is 3.22. The van der Waals surface area contributed by atoms with Gasteiger partial charge in [-0.05, 0) is 0 Å². The quantitative estimate of drug-likeness (QED) is 0.465. The number of likely N-dealkylation sites (tertiary alicyclic amines) is 1. The monoisotopic (exact) mass is 471 g/mol. The van der Waals surface area contributed by atoms with Crippen molar-refractivity contribution >= 4 is 38.7 Å². The number of carbonyl (C=O) groups excluding carboxylic acids is 1. The maximum atomic E-state index is 12.3. The van der Waals surface area contributed by atoms with Crippen LogP contribution in [0, 0.1) is 0 Å². The third-order valence-corrected chi connectivity index (χ3v) is 6.37. The van der Waals surface area contributed by atoms with Crippen molar-refractivity contribution in [3.63, 3.8) is 0 Å². The Balaban J connectivity index is 1.54. The number of anilines is 2. The summed E-state index contributed by atoms with van der Waals surface area (Å²) in [4.78, 5) is 26.0. The van der Waals surface area contributed by atoms with E-state index < -0.39 is 0 Å². The van der Waals surface area contributed by atoms with Gasteiger partial charge < -0.3 is 0 Å². The molecule has 160 valence electrons. The predicted molar refractivity (Wildman–Crippen MR) is 121 cm³/mol. The van der Waals surface area contributed by atoms with E-state index in [4.69, 9.17) is 4.74 Å². The summed E-state index contributed by atoms with van der Waals surface area (Å²) in [6.07, 6.45) is 4.61. The predicted octanol–water partition coefficient (Wildman–Crippen LogP) is 1.47. The van der Waals surface area contributed by atoms with E-state index in [1.807, 2.05) is 4.90 Å². The SMILES string of the molecule is CCCCOc1nc([AsH2])c2c(n1)N(Cc1cccc(CN3CCCC3)c1)CC(=O)N2. The summed E-state index contributed by atoms with van der Waals surface area (Å²) in [5.41, 5.74) is 3.21. The Labute approximate surface area is 186 Å². The number of nitrogens with one attached hydrogen (secondary N) is 1. The number of nitrogens with zero attached hydrogens (tertiary/aromatic N) is 4. The molecule has 0 aliphatic carbocycles. The van der Waals surface area contributed by atoms with Crippen LogP contribution in [0.5, 0.6) is 6.01 Å². The number of aromatic nitrogens is 2. The van der Waals surface area contributed by atoms with Gasteiger partial charge in [-0.2, -0.15) is 0 Å². The molecule has 1 saturated heterocycles. The molecular weight excluding hydrogens is 441 g/mol. The molecule has 0 spiro atoms. The second-order valence-corrected chi connectivity index (χ2v) is 9.15. The molecule has 2 aliphatic heterocycles. The molecule has 0 radical (unpaired) electrons. The van der Waals surface area contributed by atoms with Crippen LogP contribution in [0.15, 0.2) is 24.3 Å². The summed E-state index contributed by atoms with van der Waals surface area (Å²) in [7, 11) is 0. The van der Waals surface area contributed by atoms with Crippen LogP contribution < -0.4 is 19.4 Å². The molecule has 1 aromatic heterocycles. The molecule has 8 heteroatoms. The number of hydrogen-bond donors (Lipinski definition) is 1. The Bertz CT molecular complexity index is 901. The van der Waals surface area contributed by atoms with E-state index in [2.05, 4.69) is 51.4 Å². The van der Waals surface area contributed by atoms with Crippen LogP contribution in [0.2, 0.25) is 0 Å². The summed E-state index contributed by atoms with van der Waals surface area (Å²) in [6.45, 7) is 7.00. The molecule has 4 rings (SSSR count). The molecule has 2 aromatic rings. The summed E-state index contributed by atoms with van der Waals surface area (Å²) >= 11 is 1.36. The van der Waals surface area contributed by atoms with E-state index in [9.17, 15) is 4.79 Å². The number of carbonyl (C=O) groups is 1. The fraction of sp³-hybridized carbons (Fsp3) is 0.500. The van der Waals surface area contributed by atoms with Crippen molar-refractivity contribution in [1.82, 2.24) is 14.9 Å². The van der Waals surface area contributed by atoms with Crippen LogP contribution in [0.25, 0.3) is 0 Å². The van der Waals surface area contributed by atoms with E-state index in [-0.39, 0.29) is 12.5 Å². The van der Waals surface area contributed by atoms with Gasteiger partial charge >= 0.3 is 187 Å². The Morgan fingerprint density at radius 3 is 2.70 bits per heavy atom. The van der Waals surface area contributed by atoms with Crippen molar-refractivity contribution < 1.29 is 9.53 Å². The molecule has 1 N–H and O–H groups in total. The third-order valence-electron chi connectivity index (χ3n) is 5.49. The molecule has 1 unspecified atom stereocenters. The molecule has 2 aliphatic rings. The average molecular weight is 471 g/mol. The van der Waals surface area contributed by atoms with Gasteiger partial charge in [-0.25, -0.2) is 0 Å². The molecule has 0 saturated carbocycles. The third kappa shape index (κ3) is 5.13. The van der Waals surface area contributed by atoms with Crippen LogP contribution in [0.4, 0.5) is 11.5 Å². The summed E-state index contributed by atoms with van der Waals surface area (Å²) < 4.78 is 6.55. The van der Waals surface area contributed by atoms with Crippen molar-refractivity contribution in [1.29, 1.82) is 0 Å². The van der Waals surface area contributed by atoms with Gasteiger partial charge in [0, 0.05) is 0 Å². The molecule has 1 aromatic carbocycles. The second kappa shape index (κ2) is 9.80. The molecule has 0 bridgehead atoms. The molecule has 1 fully saturated rings. The number of benzene rings is 1. The van der Waals surface area contributed by atoms with Gasteiger partial charge in [0.25, 0.3) is 0 Å². The van der Waals surface area contributed by atoms with E-state index in [1.165, 1.54) is 53.9 Å². The Hall–Kier alpha value is -2.11. The van der Waals surface area contributed by atoms with Crippen molar-refractivity contribution in [2.45, 2.75) is 45.7 Å². The molecule has 7 nitrogen and oxygen atoms in total. The van der Waals surface area contributed by atoms with Crippen molar-refractivity contribution in [3.05, 3.63) is 35.4 Å². The van der Waals surface area contributed by atoms with Crippen LogP contribution in [0.3, 0.4) is 0 Å². The Kier molecular flexibility index (Phi) is 6.90. The maximum absolute atomic E-state index is 12.3. The standard InChI is InChI=1S/C22H30AsN5O2/c1-2-3-11-30-22-25-20(23)19-21(26-22)28(15-18(29)24-19)14-17-8-6-7-16(12-17)13-27-9-4-5-10-27/h6-8,12H,2-5,9-11,13-15,23H2,1H3,(H,24,29). The van der Waals surface area contributed by atoms with Crippen LogP contribution >= 0.6 is 0 Å². The van der Waals surface area contributed by atoms with Crippen LogP contribution in [-0.4, -0.2) is 63.9 Å². The van der Waals surface area contributed by atoms with Gasteiger partial charge in [0.2, 0.25) is 0 Å². The van der Waals surface area contributed by atoms with E-state index in [1.54, 1.807) is 0 Å².